The molecule has 2 aliphatic rings. The SMILES string of the molecule is COC(=O)N1Cc2ccc(COc3nc(-c4cc(F)c(Cc5nc6c(F)cc(C(=O)O)cc6n5C[C@@H]5CCO5)cc4F)ccc3F)cc2C1. The molecule has 10 nitrogen and oxygen atoms in total. The average molecular weight is 677 g/mol. The van der Waals surface area contributed by atoms with E-state index in [-0.39, 0.29) is 64.9 Å². The molecule has 1 atom stereocenters. The van der Waals surface area contributed by atoms with Crippen LogP contribution in [0.2, 0.25) is 0 Å². The van der Waals surface area contributed by atoms with E-state index in [9.17, 15) is 23.5 Å². The Hall–Kier alpha value is -5.50. The second kappa shape index (κ2) is 12.8. The molecule has 1 fully saturated rings. The van der Waals surface area contributed by atoms with Gasteiger partial charge in [-0.15, -0.1) is 0 Å². The number of imidazole rings is 1. The topological polar surface area (TPSA) is 116 Å². The number of pyridine rings is 1. The summed E-state index contributed by atoms with van der Waals surface area (Å²) in [7, 11) is 1.31. The molecule has 0 saturated carbocycles. The second-order valence-electron chi connectivity index (χ2n) is 11.9. The Morgan fingerprint density at radius 2 is 1.73 bits per heavy atom. The third-order valence-electron chi connectivity index (χ3n) is 8.69. The van der Waals surface area contributed by atoms with E-state index in [1.54, 1.807) is 10.6 Å². The number of hydrogen-bond donors (Lipinski definition) is 1. The highest BCUT2D eigenvalue weighted by Crippen LogP contribution is 2.31. The number of carboxylic acid groups (broad SMARTS) is 1. The normalized spacial score (nSPS) is 15.3. The fourth-order valence-corrected chi connectivity index (χ4v) is 6.04. The Morgan fingerprint density at radius 1 is 0.939 bits per heavy atom. The Balaban J connectivity index is 1.13. The molecular formula is C35H28F4N4O6. The lowest BCUT2D eigenvalue weighted by Gasteiger charge is -2.27. The number of ether oxygens (including phenoxy) is 3. The molecule has 2 aliphatic heterocycles. The fraction of sp³-hybridized carbons (Fsp3) is 0.257. The fourth-order valence-electron chi connectivity index (χ4n) is 6.04. The predicted molar refractivity (Wildman–Crippen MR) is 166 cm³/mol. The lowest BCUT2D eigenvalue weighted by Crippen LogP contribution is -2.31. The maximum atomic E-state index is 15.6. The van der Waals surface area contributed by atoms with Crippen LogP contribution in [-0.2, 0) is 42.1 Å². The van der Waals surface area contributed by atoms with Gasteiger partial charge in [0.2, 0.25) is 0 Å². The van der Waals surface area contributed by atoms with E-state index >= 15 is 8.78 Å². The van der Waals surface area contributed by atoms with Crippen LogP contribution in [0.5, 0.6) is 5.88 Å². The van der Waals surface area contributed by atoms with Crippen molar-refractivity contribution in [1.82, 2.24) is 19.4 Å². The first-order valence-corrected chi connectivity index (χ1v) is 15.3. The monoisotopic (exact) mass is 676 g/mol. The highest BCUT2D eigenvalue weighted by Gasteiger charge is 2.26. The van der Waals surface area contributed by atoms with Gasteiger partial charge in [-0.3, -0.25) is 4.90 Å². The van der Waals surface area contributed by atoms with Crippen LogP contribution in [0, 0.1) is 23.3 Å². The van der Waals surface area contributed by atoms with Gasteiger partial charge in [0.15, 0.2) is 11.6 Å². The predicted octanol–water partition coefficient (Wildman–Crippen LogP) is 6.39. The molecule has 0 aliphatic carbocycles. The second-order valence-corrected chi connectivity index (χ2v) is 11.9. The highest BCUT2D eigenvalue weighted by molar-refractivity contribution is 5.92. The van der Waals surface area contributed by atoms with Gasteiger partial charge in [0.25, 0.3) is 5.88 Å². The minimum atomic E-state index is -1.32. The zero-order valence-corrected chi connectivity index (χ0v) is 26.0. The molecule has 1 amide bonds. The Bertz CT molecular complexity index is 2130. The van der Waals surface area contributed by atoms with Gasteiger partial charge >= 0.3 is 12.1 Å². The summed E-state index contributed by atoms with van der Waals surface area (Å²) in [6.07, 6.45) is -0.191. The molecular weight excluding hydrogens is 648 g/mol. The molecule has 1 N–H and O–H groups in total. The van der Waals surface area contributed by atoms with Crippen LogP contribution >= 0.6 is 0 Å². The van der Waals surface area contributed by atoms with E-state index in [0.29, 0.717) is 25.3 Å². The lowest BCUT2D eigenvalue weighted by atomic mass is 10.0. The van der Waals surface area contributed by atoms with E-state index in [0.717, 1.165) is 41.8 Å². The number of carbonyl (C=O) groups is 2. The third kappa shape index (κ3) is 6.26. The van der Waals surface area contributed by atoms with Gasteiger partial charge in [-0.25, -0.2) is 37.1 Å². The Kier molecular flexibility index (Phi) is 8.40. The molecule has 3 aromatic carbocycles. The molecule has 0 radical (unpaired) electrons. The van der Waals surface area contributed by atoms with Crippen LogP contribution in [0.1, 0.15) is 44.9 Å². The number of amides is 1. The quantitative estimate of drug-likeness (QED) is 0.179. The van der Waals surface area contributed by atoms with Crippen LogP contribution in [0.25, 0.3) is 22.3 Å². The largest absolute Gasteiger partial charge is 0.478 e. The minimum Gasteiger partial charge on any atom is -0.478 e. The zero-order chi connectivity index (χ0) is 34.4. The molecule has 49 heavy (non-hydrogen) atoms. The van der Waals surface area contributed by atoms with Gasteiger partial charge in [0, 0.05) is 31.7 Å². The van der Waals surface area contributed by atoms with E-state index in [1.165, 1.54) is 24.1 Å². The summed E-state index contributed by atoms with van der Waals surface area (Å²) in [6, 6.07) is 11.8. The van der Waals surface area contributed by atoms with Crippen molar-refractivity contribution in [2.45, 2.75) is 45.2 Å². The summed E-state index contributed by atoms with van der Waals surface area (Å²) in [4.78, 5) is 33.5. The minimum absolute atomic E-state index is 0.0698. The summed E-state index contributed by atoms with van der Waals surface area (Å²) in [5.74, 6) is -4.85. The summed E-state index contributed by atoms with van der Waals surface area (Å²) in [6.45, 7) is 1.45. The Labute approximate surface area is 276 Å². The van der Waals surface area contributed by atoms with Crippen LogP contribution in [0.3, 0.4) is 0 Å². The zero-order valence-electron chi connectivity index (χ0n) is 26.0. The van der Waals surface area contributed by atoms with Crippen LogP contribution in [0.4, 0.5) is 22.4 Å². The number of rotatable bonds is 9. The standard InChI is InChI=1S/C35H28F4N4O6/c1-47-35(46)42-14-19-3-2-18(8-22(19)15-42)17-49-33-25(36)4-5-29(40-33)24-13-26(37)20(9-27(24)38)12-31-41-32-28(39)10-21(34(44)45)11-30(32)43(31)16-23-6-7-48-23/h2-5,8-11,13,23H,6-7,12,14-17H2,1H3,(H,44,45)/t23-/m0/s1. The molecule has 14 heteroatoms. The van der Waals surface area contributed by atoms with Crippen molar-refractivity contribution < 1.29 is 46.5 Å². The maximum absolute atomic E-state index is 15.6. The number of methoxy groups -OCH3 is 1. The van der Waals surface area contributed by atoms with E-state index in [4.69, 9.17) is 14.2 Å². The Morgan fingerprint density at radius 3 is 2.47 bits per heavy atom. The molecule has 0 spiro atoms. The van der Waals surface area contributed by atoms with Crippen molar-refractivity contribution >= 4 is 23.1 Å². The number of carboxylic acids is 1. The summed E-state index contributed by atoms with van der Waals surface area (Å²) in [5.41, 5.74) is 1.97. The molecule has 4 heterocycles. The van der Waals surface area contributed by atoms with Crippen LogP contribution < -0.4 is 4.74 Å². The smallest absolute Gasteiger partial charge is 0.410 e. The first kappa shape index (κ1) is 32.1. The summed E-state index contributed by atoms with van der Waals surface area (Å²) >= 11 is 0. The van der Waals surface area contributed by atoms with Crippen molar-refractivity contribution in [2.24, 2.45) is 0 Å². The molecule has 0 unspecified atom stereocenters. The van der Waals surface area contributed by atoms with Gasteiger partial charge < -0.3 is 23.9 Å². The van der Waals surface area contributed by atoms with Crippen molar-refractivity contribution in [3.63, 3.8) is 0 Å². The number of halogens is 4. The van der Waals surface area contributed by atoms with Crippen molar-refractivity contribution in [1.29, 1.82) is 0 Å². The van der Waals surface area contributed by atoms with Gasteiger partial charge in [0.05, 0.1) is 36.5 Å². The summed E-state index contributed by atoms with van der Waals surface area (Å²) < 4.78 is 78.3. The highest BCUT2D eigenvalue weighted by atomic mass is 19.1. The van der Waals surface area contributed by atoms with Crippen LogP contribution in [0.15, 0.2) is 54.6 Å². The molecule has 0 bridgehead atoms. The third-order valence-corrected chi connectivity index (χ3v) is 8.69. The number of fused-ring (bicyclic) bond motifs is 2. The number of hydrogen-bond acceptors (Lipinski definition) is 7. The first-order chi connectivity index (χ1) is 23.6. The number of aromatic carboxylic acids is 1. The molecule has 7 rings (SSSR count). The molecule has 5 aromatic rings. The number of nitrogens with zero attached hydrogens (tertiary/aromatic N) is 4. The first-order valence-electron chi connectivity index (χ1n) is 15.3. The van der Waals surface area contributed by atoms with Gasteiger partial charge in [-0.2, -0.15) is 0 Å². The average Bonchev–Trinajstić information content (AvgIpc) is 3.64. The molecule has 1 saturated heterocycles. The van der Waals surface area contributed by atoms with Crippen LogP contribution in [-0.4, -0.2) is 56.4 Å². The van der Waals surface area contributed by atoms with E-state index in [1.807, 2.05) is 12.1 Å². The van der Waals surface area contributed by atoms with Crippen molar-refractivity contribution in [3.8, 4) is 17.1 Å². The number of carbonyl (C=O) groups excluding carboxylic acids is 1. The van der Waals surface area contributed by atoms with Crippen molar-refractivity contribution in [3.05, 3.63) is 112 Å². The molecule has 2 aromatic heterocycles. The molecule has 252 valence electrons. The number of aromatic nitrogens is 3. The van der Waals surface area contributed by atoms with Gasteiger partial charge in [-0.1, -0.05) is 18.2 Å². The summed E-state index contributed by atoms with van der Waals surface area (Å²) in [5, 5.41) is 9.44. The maximum Gasteiger partial charge on any atom is 0.410 e. The lowest BCUT2D eigenvalue weighted by molar-refractivity contribution is -0.0589. The van der Waals surface area contributed by atoms with Gasteiger partial charge in [0.1, 0.15) is 29.6 Å². The van der Waals surface area contributed by atoms with E-state index in [2.05, 4.69) is 9.97 Å². The number of benzene rings is 3. The van der Waals surface area contributed by atoms with E-state index < -0.39 is 41.2 Å². The van der Waals surface area contributed by atoms with Gasteiger partial charge in [-0.05, 0) is 65.1 Å². The van der Waals surface area contributed by atoms with Crippen molar-refractivity contribution in [2.75, 3.05) is 13.7 Å².